The van der Waals surface area contributed by atoms with Gasteiger partial charge in [0.15, 0.2) is 0 Å². The van der Waals surface area contributed by atoms with Gasteiger partial charge in [-0.2, -0.15) is 0 Å². The molecule has 1 atom stereocenters. The Kier molecular flexibility index (Phi) is 6.21. The van der Waals surface area contributed by atoms with Crippen molar-refractivity contribution in [1.82, 2.24) is 0 Å². The number of aliphatic hydroxyl groups is 1. The molecule has 158 valence electrons. The minimum atomic E-state index is -0.644. The minimum Gasteiger partial charge on any atom is -0.444 e. The van der Waals surface area contributed by atoms with Crippen LogP contribution in [0.3, 0.4) is 0 Å². The normalized spacial score (nSPS) is 14.6. The molecule has 31 heavy (non-hydrogen) atoms. The van der Waals surface area contributed by atoms with Crippen LogP contribution in [-0.4, -0.2) is 23.2 Å². The Hall–Kier alpha value is -3.35. The Morgan fingerprint density at radius 2 is 1.71 bits per heavy atom. The first kappa shape index (κ1) is 20.9. The van der Waals surface area contributed by atoms with E-state index in [9.17, 15) is 14.7 Å². The van der Waals surface area contributed by atoms with Crippen molar-refractivity contribution in [2.45, 2.75) is 25.6 Å². The van der Waals surface area contributed by atoms with Gasteiger partial charge in [0.2, 0.25) is 0 Å². The van der Waals surface area contributed by atoms with E-state index in [1.54, 1.807) is 12.1 Å². The quantitative estimate of drug-likeness (QED) is 0.536. The van der Waals surface area contributed by atoms with Gasteiger partial charge in [0.1, 0.15) is 6.61 Å². The Morgan fingerprint density at radius 1 is 0.935 bits per heavy atom. The molecule has 3 aromatic rings. The van der Waals surface area contributed by atoms with E-state index in [2.05, 4.69) is 10.6 Å². The van der Waals surface area contributed by atoms with Crippen LogP contribution in [0.15, 0.2) is 66.7 Å². The van der Waals surface area contributed by atoms with Gasteiger partial charge in [-0.15, -0.1) is 0 Å². The molecule has 1 aliphatic carbocycles. The molecule has 0 spiro atoms. The van der Waals surface area contributed by atoms with Crippen molar-refractivity contribution in [3.8, 4) is 0 Å². The summed E-state index contributed by atoms with van der Waals surface area (Å²) in [7, 11) is 0. The van der Waals surface area contributed by atoms with E-state index in [0.717, 1.165) is 16.7 Å². The molecule has 0 aliphatic heterocycles. The average molecular weight is 437 g/mol. The maximum Gasteiger partial charge on any atom is 0.411 e. The van der Waals surface area contributed by atoms with Crippen molar-refractivity contribution in [3.05, 3.63) is 94.0 Å². The second-order valence-electron chi connectivity index (χ2n) is 7.41. The Bertz CT molecular complexity index is 1120. The zero-order valence-electron chi connectivity index (χ0n) is 16.6. The number of halogens is 1. The third-order valence-electron chi connectivity index (χ3n) is 4.99. The van der Waals surface area contributed by atoms with Gasteiger partial charge >= 0.3 is 6.09 Å². The summed E-state index contributed by atoms with van der Waals surface area (Å²) in [6.07, 6.45) is 0.196. The third kappa shape index (κ3) is 5.42. The Balaban J connectivity index is 1.40. The lowest BCUT2D eigenvalue weighted by Crippen LogP contribution is -2.15. The fourth-order valence-corrected chi connectivity index (χ4v) is 3.78. The molecule has 0 saturated heterocycles. The number of fused-ring (bicyclic) bond motifs is 1. The zero-order valence-corrected chi connectivity index (χ0v) is 17.4. The highest BCUT2D eigenvalue weighted by molar-refractivity contribution is 6.31. The number of hydrogen-bond donors (Lipinski definition) is 3. The van der Waals surface area contributed by atoms with Crippen LogP contribution >= 0.6 is 11.6 Å². The predicted molar refractivity (Wildman–Crippen MR) is 120 cm³/mol. The number of hydrogen-bond acceptors (Lipinski definition) is 4. The lowest BCUT2D eigenvalue weighted by Gasteiger charge is -2.11. The van der Waals surface area contributed by atoms with Crippen molar-refractivity contribution in [2.24, 2.45) is 0 Å². The fraction of sp³-hybridized carbons (Fsp3) is 0.167. The molecule has 3 N–H and O–H groups in total. The van der Waals surface area contributed by atoms with Crippen molar-refractivity contribution in [2.75, 3.05) is 10.6 Å². The summed E-state index contributed by atoms with van der Waals surface area (Å²) in [5.74, 6) is -0.360. The number of anilines is 2. The van der Waals surface area contributed by atoms with Gasteiger partial charge in [-0.3, -0.25) is 10.1 Å². The lowest BCUT2D eigenvalue weighted by atomic mass is 10.1. The molecule has 0 heterocycles. The molecular weight excluding hydrogens is 416 g/mol. The van der Waals surface area contributed by atoms with Gasteiger partial charge in [0, 0.05) is 22.0 Å². The first-order chi connectivity index (χ1) is 15.0. The predicted octanol–water partition coefficient (Wildman–Crippen LogP) is 4.80. The molecule has 0 bridgehead atoms. The number of carbonyl (C=O) groups excluding carboxylic acids is 2. The second-order valence-corrected chi connectivity index (χ2v) is 7.85. The monoisotopic (exact) mass is 436 g/mol. The third-order valence-corrected chi connectivity index (χ3v) is 5.21. The summed E-state index contributed by atoms with van der Waals surface area (Å²) in [4.78, 5) is 24.8. The number of benzene rings is 3. The van der Waals surface area contributed by atoms with Gasteiger partial charge in [-0.1, -0.05) is 48.0 Å². The fourth-order valence-electron chi connectivity index (χ4n) is 3.55. The van der Waals surface area contributed by atoms with Crippen molar-refractivity contribution < 1.29 is 19.4 Å². The van der Waals surface area contributed by atoms with E-state index in [1.165, 1.54) is 12.1 Å². The smallest absolute Gasteiger partial charge is 0.411 e. The van der Waals surface area contributed by atoms with Crippen molar-refractivity contribution in [1.29, 1.82) is 0 Å². The molecule has 0 fully saturated rings. The van der Waals surface area contributed by atoms with Crippen LogP contribution in [0.2, 0.25) is 5.02 Å². The topological polar surface area (TPSA) is 87.7 Å². The van der Waals surface area contributed by atoms with E-state index in [1.807, 2.05) is 42.5 Å². The van der Waals surface area contributed by atoms with E-state index in [0.29, 0.717) is 34.8 Å². The molecule has 2 amide bonds. The van der Waals surface area contributed by atoms with Gasteiger partial charge in [-0.05, 0) is 59.9 Å². The summed E-state index contributed by atoms with van der Waals surface area (Å²) in [6.45, 7) is 0.133. The van der Waals surface area contributed by atoms with Gasteiger partial charge in [-0.25, -0.2) is 4.79 Å². The second kappa shape index (κ2) is 9.20. The largest absolute Gasteiger partial charge is 0.444 e. The zero-order chi connectivity index (χ0) is 21.8. The highest BCUT2D eigenvalue weighted by atomic mass is 35.5. The molecule has 0 aromatic heterocycles. The van der Waals surface area contributed by atoms with Crippen LogP contribution in [0, 0.1) is 0 Å². The number of amides is 2. The van der Waals surface area contributed by atoms with Crippen molar-refractivity contribution >= 4 is 35.0 Å². The Labute approximate surface area is 184 Å². The van der Waals surface area contributed by atoms with Crippen LogP contribution in [0.25, 0.3) is 0 Å². The molecule has 0 unspecified atom stereocenters. The van der Waals surface area contributed by atoms with Crippen molar-refractivity contribution in [3.63, 3.8) is 0 Å². The number of aliphatic hydroxyl groups excluding tert-OH is 1. The first-order valence-corrected chi connectivity index (χ1v) is 10.2. The molecule has 3 aromatic carbocycles. The lowest BCUT2D eigenvalue weighted by molar-refractivity contribution is 0.102. The van der Waals surface area contributed by atoms with E-state index >= 15 is 0 Å². The molecular formula is C24H21ClN2O4. The summed E-state index contributed by atoms with van der Waals surface area (Å²) in [6, 6.07) is 19.5. The molecule has 1 aliphatic rings. The highest BCUT2D eigenvalue weighted by Gasteiger charge is 2.20. The summed E-state index contributed by atoms with van der Waals surface area (Å²) < 4.78 is 5.21. The summed E-state index contributed by atoms with van der Waals surface area (Å²) in [5.41, 5.74) is 4.27. The molecule has 4 rings (SSSR count). The van der Waals surface area contributed by atoms with Crippen LogP contribution in [-0.2, 0) is 24.2 Å². The highest BCUT2D eigenvalue weighted by Crippen LogP contribution is 2.26. The van der Waals surface area contributed by atoms with Crippen LogP contribution < -0.4 is 10.6 Å². The van der Waals surface area contributed by atoms with Gasteiger partial charge in [0.25, 0.3) is 5.91 Å². The van der Waals surface area contributed by atoms with Gasteiger partial charge in [0.05, 0.1) is 6.10 Å². The maximum atomic E-state index is 12.7. The average Bonchev–Trinajstić information content (AvgIpc) is 3.12. The molecule has 6 nitrogen and oxygen atoms in total. The number of rotatable bonds is 5. The molecule has 0 radical (unpaired) electrons. The summed E-state index contributed by atoms with van der Waals surface area (Å²) >= 11 is 6.15. The molecule has 7 heteroatoms. The number of ether oxygens (including phenoxy) is 1. The first-order valence-electron chi connectivity index (χ1n) is 9.86. The summed E-state index contributed by atoms with van der Waals surface area (Å²) in [5, 5.41) is 15.5. The number of carbonyl (C=O) groups is 2. The van der Waals surface area contributed by atoms with Gasteiger partial charge < -0.3 is 15.2 Å². The van der Waals surface area contributed by atoms with Crippen LogP contribution in [0.4, 0.5) is 16.2 Å². The maximum absolute atomic E-state index is 12.7. The minimum absolute atomic E-state index is 0.133. The van der Waals surface area contributed by atoms with E-state index in [-0.39, 0.29) is 18.6 Å². The standard InChI is InChI=1S/C24H21ClN2O4/c25-19-8-18(23(29)26-20-7-6-16-11-22(28)12-17(16)9-20)10-21(13-19)27-24(30)31-14-15-4-2-1-3-5-15/h1-10,13,22,28H,11-12,14H2,(H,26,29)(H,27,30)/t22-/m1/s1. The molecule has 0 saturated carbocycles. The van der Waals surface area contributed by atoms with Crippen LogP contribution in [0.5, 0.6) is 0 Å². The van der Waals surface area contributed by atoms with E-state index in [4.69, 9.17) is 16.3 Å². The Morgan fingerprint density at radius 3 is 2.52 bits per heavy atom. The van der Waals surface area contributed by atoms with E-state index < -0.39 is 6.09 Å². The number of nitrogens with one attached hydrogen (secondary N) is 2. The van der Waals surface area contributed by atoms with Crippen LogP contribution in [0.1, 0.15) is 27.0 Å². The SMILES string of the molecule is O=C(Nc1cc(Cl)cc(C(=O)Nc2ccc3c(c2)C[C@H](O)C3)c1)OCc1ccccc1.